The molecule has 328 valence electrons. The number of benzene rings is 1. The van der Waals surface area contributed by atoms with E-state index >= 15 is 0 Å². The average Bonchev–Trinajstić information content (AvgIpc) is 3.63. The van der Waals surface area contributed by atoms with Crippen molar-refractivity contribution in [1.82, 2.24) is 25.5 Å². The molecule has 0 bridgehead atoms. The van der Waals surface area contributed by atoms with E-state index in [1.807, 2.05) is 71.0 Å². The summed E-state index contributed by atoms with van der Waals surface area (Å²) >= 11 is 0. The van der Waals surface area contributed by atoms with Crippen molar-refractivity contribution in [3.8, 4) is 0 Å². The lowest BCUT2D eigenvalue weighted by Gasteiger charge is -2.33. The number of carbonyl (C=O) groups excluding carboxylic acids is 5. The number of rotatable bonds is 21. The maximum Gasteiger partial charge on any atom is 0.420 e. The number of imidazole rings is 1. The van der Waals surface area contributed by atoms with Crippen molar-refractivity contribution in [2.45, 2.75) is 163 Å². The zero-order valence-corrected chi connectivity index (χ0v) is 37.2. The Morgan fingerprint density at radius 2 is 1.63 bits per heavy atom. The van der Waals surface area contributed by atoms with Crippen LogP contribution in [0.1, 0.15) is 138 Å². The smallest absolute Gasteiger partial charge is 0.420 e. The van der Waals surface area contributed by atoms with Crippen LogP contribution in [0.2, 0.25) is 0 Å². The summed E-state index contributed by atoms with van der Waals surface area (Å²) in [5, 5.41) is 21.0. The summed E-state index contributed by atoms with van der Waals surface area (Å²) in [5.41, 5.74) is -0.257. The molecular formula is C47H73N5O7. The molecule has 4 N–H and O–H groups in total. The number of ketones is 1. The lowest BCUT2D eigenvalue weighted by Crippen LogP contribution is -2.55. The van der Waals surface area contributed by atoms with Gasteiger partial charge in [-0.25, -0.2) is 14.3 Å². The second-order valence-electron chi connectivity index (χ2n) is 18.8. The van der Waals surface area contributed by atoms with Gasteiger partial charge in [-0.2, -0.15) is 0 Å². The van der Waals surface area contributed by atoms with Gasteiger partial charge in [0.1, 0.15) is 23.8 Å². The van der Waals surface area contributed by atoms with E-state index in [9.17, 15) is 29.1 Å². The van der Waals surface area contributed by atoms with Crippen LogP contribution in [0.25, 0.3) is 0 Å². The molecule has 0 spiro atoms. The molecule has 0 saturated heterocycles. The van der Waals surface area contributed by atoms with Crippen molar-refractivity contribution < 1.29 is 33.8 Å². The second-order valence-corrected chi connectivity index (χ2v) is 18.8. The molecule has 1 aromatic heterocycles. The van der Waals surface area contributed by atoms with E-state index in [1.54, 1.807) is 20.8 Å². The van der Waals surface area contributed by atoms with Gasteiger partial charge in [-0.15, -0.1) is 0 Å². The zero-order chi connectivity index (χ0) is 43.8. The molecule has 1 saturated carbocycles. The van der Waals surface area contributed by atoms with E-state index in [1.165, 1.54) is 23.2 Å². The predicted molar refractivity (Wildman–Crippen MR) is 231 cm³/mol. The number of Topliss-reactive ketones (excluding diaryl/α,β-unsaturated/α-hetero) is 1. The Morgan fingerprint density at radius 1 is 0.949 bits per heavy atom. The maximum atomic E-state index is 14.7. The van der Waals surface area contributed by atoms with Crippen LogP contribution in [-0.2, 0) is 36.8 Å². The minimum absolute atomic E-state index is 0.0296. The number of nitrogens with zero attached hydrogens (tertiary/aromatic N) is 2. The van der Waals surface area contributed by atoms with E-state index < -0.39 is 53.0 Å². The fraction of sp³-hybridized carbons (Fsp3) is 0.660. The van der Waals surface area contributed by atoms with Crippen LogP contribution in [0.5, 0.6) is 0 Å². The highest BCUT2D eigenvalue weighted by molar-refractivity contribution is 5.93. The minimum atomic E-state index is -1.20. The molecule has 2 aromatic rings. The van der Waals surface area contributed by atoms with Crippen molar-refractivity contribution in [1.29, 1.82) is 0 Å². The highest BCUT2D eigenvalue weighted by atomic mass is 16.6. The highest BCUT2D eigenvalue weighted by Crippen LogP contribution is 2.30. The molecule has 1 heterocycles. The third kappa shape index (κ3) is 17.4. The summed E-state index contributed by atoms with van der Waals surface area (Å²) in [6, 6.07) is 7.60. The number of aliphatic hydroxyl groups excluding tert-OH is 1. The van der Waals surface area contributed by atoms with E-state index in [-0.39, 0.29) is 42.8 Å². The van der Waals surface area contributed by atoms with Crippen LogP contribution in [-0.4, -0.2) is 74.6 Å². The number of aliphatic hydroxyl groups is 1. The molecule has 1 aromatic carbocycles. The van der Waals surface area contributed by atoms with Gasteiger partial charge in [-0.1, -0.05) is 116 Å². The number of hydrogen-bond donors (Lipinski definition) is 4. The Morgan fingerprint density at radius 3 is 2.24 bits per heavy atom. The van der Waals surface area contributed by atoms with Crippen LogP contribution in [0.4, 0.5) is 4.79 Å². The molecular weight excluding hydrogens is 747 g/mol. The number of allylic oxidation sites excluding steroid dienone is 1. The SMILES string of the molecule is CCCCNC(=O)/C=C/[C@@H](C[C@H](O)[C@H](CC1CCCCC1)NC(=O)[C@H](Cc1cncn1C(=O)OC(C)(C)C)NC(=O)[C@@H](CC(=O)C(C)(C)C)Cc1ccccc1)C(C)C. The Labute approximate surface area is 353 Å². The normalized spacial score (nSPS) is 16.5. The molecule has 0 unspecified atom stereocenters. The fourth-order valence-corrected chi connectivity index (χ4v) is 7.39. The first-order chi connectivity index (χ1) is 27.8. The van der Waals surface area contributed by atoms with Gasteiger partial charge in [0.25, 0.3) is 0 Å². The van der Waals surface area contributed by atoms with E-state index in [0.717, 1.165) is 50.5 Å². The monoisotopic (exact) mass is 820 g/mol. The van der Waals surface area contributed by atoms with Gasteiger partial charge in [0.15, 0.2) is 0 Å². The molecule has 0 radical (unpaired) electrons. The van der Waals surface area contributed by atoms with E-state index in [4.69, 9.17) is 4.74 Å². The van der Waals surface area contributed by atoms with Crippen LogP contribution < -0.4 is 16.0 Å². The van der Waals surface area contributed by atoms with Gasteiger partial charge < -0.3 is 25.8 Å². The van der Waals surface area contributed by atoms with Crippen LogP contribution in [0, 0.1) is 29.1 Å². The summed E-state index contributed by atoms with van der Waals surface area (Å²) in [4.78, 5) is 72.4. The average molecular weight is 820 g/mol. The van der Waals surface area contributed by atoms with Crippen molar-refractivity contribution >= 4 is 29.6 Å². The molecule has 12 nitrogen and oxygen atoms in total. The zero-order valence-electron chi connectivity index (χ0n) is 37.2. The third-order valence-corrected chi connectivity index (χ3v) is 11.1. The number of nitrogens with one attached hydrogen (secondary N) is 3. The van der Waals surface area contributed by atoms with Gasteiger partial charge in [-0.3, -0.25) is 19.2 Å². The summed E-state index contributed by atoms with van der Waals surface area (Å²) < 4.78 is 6.85. The van der Waals surface area contributed by atoms with Gasteiger partial charge in [0.2, 0.25) is 17.7 Å². The Bertz CT molecular complexity index is 1670. The quantitative estimate of drug-likeness (QED) is 0.0742. The third-order valence-electron chi connectivity index (χ3n) is 11.1. The molecule has 59 heavy (non-hydrogen) atoms. The number of amides is 3. The largest absolute Gasteiger partial charge is 0.443 e. The summed E-state index contributed by atoms with van der Waals surface area (Å²) in [6.45, 7) is 17.5. The first-order valence-corrected chi connectivity index (χ1v) is 21.8. The number of aromatic nitrogens is 2. The molecule has 1 fully saturated rings. The Balaban J connectivity index is 1.99. The van der Waals surface area contributed by atoms with Gasteiger partial charge in [0, 0.05) is 36.9 Å². The molecule has 5 atom stereocenters. The van der Waals surface area contributed by atoms with Gasteiger partial charge >= 0.3 is 6.09 Å². The molecule has 0 aliphatic heterocycles. The molecule has 1 aliphatic rings. The summed E-state index contributed by atoms with van der Waals surface area (Å²) in [6.07, 6.45) is 12.7. The topological polar surface area (TPSA) is 169 Å². The lowest BCUT2D eigenvalue weighted by atomic mass is 9.81. The summed E-state index contributed by atoms with van der Waals surface area (Å²) in [5.74, 6) is -1.79. The maximum absolute atomic E-state index is 14.7. The first-order valence-electron chi connectivity index (χ1n) is 21.8. The van der Waals surface area contributed by atoms with E-state index in [2.05, 4.69) is 27.9 Å². The number of carbonyl (C=O) groups is 5. The van der Waals surface area contributed by atoms with E-state index in [0.29, 0.717) is 31.0 Å². The standard InChI is InChI=1S/C47H73N5O7/c1-10-11-24-49-42(55)23-22-35(32(2)3)27-40(53)38(26-34-20-16-13-17-21-34)50-44(57)39(29-37-30-48-31-52(37)45(58)59-47(7,8)9)51-43(56)36(28-41(54)46(4,5)6)25-33-18-14-12-15-19-33/h12,14-15,18-19,22-23,30-32,34-36,38-40,53H,10-11,13,16-17,20-21,24-29H2,1-9H3,(H,49,55)(H,50,57)(H,51,56)/b23-22+/t35-,36+,38-,39-,40-/m0/s1. The van der Waals surface area contributed by atoms with Crippen molar-refractivity contribution in [2.75, 3.05) is 6.54 Å². The minimum Gasteiger partial charge on any atom is -0.443 e. The highest BCUT2D eigenvalue weighted by Gasteiger charge is 2.35. The Kier molecular flexibility index (Phi) is 19.5. The lowest BCUT2D eigenvalue weighted by molar-refractivity contribution is -0.135. The van der Waals surface area contributed by atoms with Crippen LogP contribution >= 0.6 is 0 Å². The van der Waals surface area contributed by atoms with Crippen LogP contribution in [0.3, 0.4) is 0 Å². The second kappa shape index (κ2) is 23.5. The van der Waals surface area contributed by atoms with Crippen LogP contribution in [0.15, 0.2) is 55.0 Å². The molecule has 1 aliphatic carbocycles. The molecule has 3 amide bonds. The van der Waals surface area contributed by atoms with Crippen molar-refractivity contribution in [2.24, 2.45) is 29.1 Å². The summed E-state index contributed by atoms with van der Waals surface area (Å²) in [7, 11) is 0. The predicted octanol–water partition coefficient (Wildman–Crippen LogP) is 7.51. The fourth-order valence-electron chi connectivity index (χ4n) is 7.39. The van der Waals surface area contributed by atoms with Gasteiger partial charge in [0.05, 0.1) is 17.8 Å². The van der Waals surface area contributed by atoms with Crippen molar-refractivity contribution in [3.05, 3.63) is 66.3 Å². The number of ether oxygens (including phenoxy) is 1. The number of unbranched alkanes of at least 4 members (excludes halogenated alkanes) is 1. The number of hydrogen-bond acceptors (Lipinski definition) is 8. The van der Waals surface area contributed by atoms with Crippen molar-refractivity contribution in [3.63, 3.8) is 0 Å². The Hall–Kier alpha value is -4.32. The molecule has 12 heteroatoms. The first kappa shape index (κ1) is 49.0. The molecule has 3 rings (SSSR count). The van der Waals surface area contributed by atoms with Gasteiger partial charge in [-0.05, 0) is 75.8 Å².